The Morgan fingerprint density at radius 2 is 1.80 bits per heavy atom. The fourth-order valence-electron chi connectivity index (χ4n) is 1.44. The zero-order valence-corrected chi connectivity index (χ0v) is 12.5. The first-order valence-corrected chi connectivity index (χ1v) is 6.33. The molecule has 0 amide bonds. The monoisotopic (exact) mass is 372 g/mol. The fraction of sp³-hybridized carbons (Fsp3) is 0.357. The highest BCUT2D eigenvalue weighted by atomic mass is 19.4. The second-order valence-electron chi connectivity index (χ2n) is 4.42. The van der Waals surface area contributed by atoms with Crippen molar-refractivity contribution in [1.82, 2.24) is 5.43 Å². The maximum Gasteiger partial charge on any atom is 0.462 e. The van der Waals surface area contributed by atoms with Crippen LogP contribution in [0.4, 0.5) is 30.7 Å². The van der Waals surface area contributed by atoms with Crippen molar-refractivity contribution >= 4 is 6.21 Å². The van der Waals surface area contributed by atoms with Crippen molar-refractivity contribution in [2.24, 2.45) is 5.10 Å². The molecule has 11 heteroatoms. The molecule has 25 heavy (non-hydrogen) atoms. The Balaban J connectivity index is 2.91. The maximum absolute atomic E-state index is 13.0. The molecule has 0 aliphatic carbocycles. The third-order valence-electron chi connectivity index (χ3n) is 2.67. The van der Waals surface area contributed by atoms with E-state index in [-0.39, 0.29) is 23.7 Å². The maximum atomic E-state index is 13.0. The molecule has 0 heterocycles. The van der Waals surface area contributed by atoms with Crippen LogP contribution in [0.3, 0.4) is 0 Å². The van der Waals surface area contributed by atoms with Gasteiger partial charge in [-0.15, -0.1) is 6.42 Å². The zero-order valence-electron chi connectivity index (χ0n) is 12.5. The second-order valence-corrected chi connectivity index (χ2v) is 4.42. The number of halogens is 7. The van der Waals surface area contributed by atoms with Gasteiger partial charge in [-0.2, -0.15) is 35.8 Å². The Hall–Kier alpha value is -2.64. The molecule has 0 aliphatic rings. The smallest absolute Gasteiger partial charge is 0.462 e. The summed E-state index contributed by atoms with van der Waals surface area (Å²) in [7, 11) is 1.26. The lowest BCUT2D eigenvalue weighted by Gasteiger charge is -2.27. The summed E-state index contributed by atoms with van der Waals surface area (Å²) in [6.45, 7) is -0.0793. The minimum atomic E-state index is -6.45. The van der Waals surface area contributed by atoms with Gasteiger partial charge in [-0.1, -0.05) is 5.92 Å². The Kier molecular flexibility index (Phi) is 6.12. The molecule has 1 aromatic carbocycles. The van der Waals surface area contributed by atoms with Crippen LogP contribution in [0.25, 0.3) is 0 Å². The molecule has 1 N–H and O–H groups in total. The molecule has 0 unspecified atom stereocenters. The molecule has 0 spiro atoms. The molecule has 0 atom stereocenters. The normalized spacial score (nSPS) is 12.8. The van der Waals surface area contributed by atoms with Gasteiger partial charge in [0.15, 0.2) is 11.5 Å². The molecule has 0 fully saturated rings. The van der Waals surface area contributed by atoms with Crippen LogP contribution < -0.4 is 14.9 Å². The van der Waals surface area contributed by atoms with E-state index in [2.05, 4.69) is 11.0 Å². The molecule has 0 saturated heterocycles. The number of nitrogens with one attached hydrogen (secondary N) is 1. The van der Waals surface area contributed by atoms with E-state index in [1.54, 1.807) is 0 Å². The molecular weight excluding hydrogens is 361 g/mol. The number of nitrogens with zero attached hydrogens (tertiary/aromatic N) is 1. The van der Waals surface area contributed by atoms with Gasteiger partial charge in [0, 0.05) is 0 Å². The minimum absolute atomic E-state index is 0.0588. The summed E-state index contributed by atoms with van der Waals surface area (Å²) in [6, 6.07) is -1.83. The molecule has 4 nitrogen and oxygen atoms in total. The van der Waals surface area contributed by atoms with Crippen molar-refractivity contribution in [3.05, 3.63) is 23.8 Å². The van der Waals surface area contributed by atoms with Gasteiger partial charge in [-0.05, 0) is 23.8 Å². The summed E-state index contributed by atoms with van der Waals surface area (Å²) in [4.78, 5) is 0. The van der Waals surface area contributed by atoms with Gasteiger partial charge in [0.1, 0.15) is 6.61 Å². The molecule has 0 bridgehead atoms. The van der Waals surface area contributed by atoms with Crippen molar-refractivity contribution in [2.75, 3.05) is 13.7 Å². The van der Waals surface area contributed by atoms with Gasteiger partial charge in [-0.3, -0.25) is 0 Å². The van der Waals surface area contributed by atoms with E-state index in [4.69, 9.17) is 15.9 Å². The molecule has 138 valence electrons. The van der Waals surface area contributed by atoms with E-state index >= 15 is 0 Å². The average Bonchev–Trinajstić information content (AvgIpc) is 2.52. The van der Waals surface area contributed by atoms with Gasteiger partial charge in [-0.25, -0.2) is 5.43 Å². The first-order chi connectivity index (χ1) is 11.5. The molecule has 0 radical (unpaired) electrons. The summed E-state index contributed by atoms with van der Waals surface area (Å²) in [5.74, 6) is -3.78. The van der Waals surface area contributed by atoms with E-state index in [1.165, 1.54) is 25.3 Å². The number of hydrogen-bond acceptors (Lipinski definition) is 4. The van der Waals surface area contributed by atoms with Crippen molar-refractivity contribution in [2.45, 2.75) is 18.1 Å². The Morgan fingerprint density at radius 3 is 2.32 bits per heavy atom. The SMILES string of the molecule is C#CCOc1ccc(/C=N/NC(F)(F)C(F)(F)C(F)(F)F)cc1OC. The topological polar surface area (TPSA) is 42.8 Å². The first kappa shape index (κ1) is 20.4. The second kappa shape index (κ2) is 7.50. The van der Waals surface area contributed by atoms with Crippen molar-refractivity contribution < 1.29 is 40.2 Å². The molecule has 0 saturated carbocycles. The molecule has 1 aromatic rings. The van der Waals surface area contributed by atoms with E-state index in [1.807, 2.05) is 0 Å². The first-order valence-electron chi connectivity index (χ1n) is 6.33. The third kappa shape index (κ3) is 4.68. The molecule has 1 rings (SSSR count). The van der Waals surface area contributed by atoms with Crippen LogP contribution >= 0.6 is 0 Å². The number of ether oxygens (including phenoxy) is 2. The average molecular weight is 372 g/mol. The minimum Gasteiger partial charge on any atom is -0.493 e. The van der Waals surface area contributed by atoms with Gasteiger partial charge < -0.3 is 9.47 Å². The Morgan fingerprint density at radius 1 is 1.16 bits per heavy atom. The summed E-state index contributed by atoms with van der Waals surface area (Å²) < 4.78 is 97.2. The summed E-state index contributed by atoms with van der Waals surface area (Å²) >= 11 is 0. The highest BCUT2D eigenvalue weighted by molar-refractivity contribution is 5.80. The number of terminal acetylenes is 1. The van der Waals surface area contributed by atoms with Crippen molar-refractivity contribution in [1.29, 1.82) is 0 Å². The lowest BCUT2D eigenvalue weighted by atomic mass is 10.2. The van der Waals surface area contributed by atoms with Gasteiger partial charge >= 0.3 is 18.1 Å². The van der Waals surface area contributed by atoms with Crippen LogP contribution in [0.2, 0.25) is 0 Å². The quantitative estimate of drug-likeness (QED) is 0.262. The lowest BCUT2D eigenvalue weighted by Crippen LogP contribution is -2.58. The highest BCUT2D eigenvalue weighted by Crippen LogP contribution is 2.45. The number of alkyl halides is 7. The largest absolute Gasteiger partial charge is 0.493 e. The predicted molar refractivity (Wildman–Crippen MR) is 74.0 cm³/mol. The van der Waals surface area contributed by atoms with E-state index in [0.29, 0.717) is 11.6 Å². The van der Waals surface area contributed by atoms with Gasteiger partial charge in [0.05, 0.1) is 13.3 Å². The molecular formula is C14H11F7N2O2. The Labute approximate surface area is 137 Å². The summed E-state index contributed by atoms with van der Waals surface area (Å²) in [6.07, 6.45) is -0.829. The highest BCUT2D eigenvalue weighted by Gasteiger charge is 2.73. The summed E-state index contributed by atoms with van der Waals surface area (Å²) in [5, 5.41) is 2.73. The van der Waals surface area contributed by atoms with Crippen LogP contribution in [0.5, 0.6) is 11.5 Å². The zero-order chi connectivity index (χ0) is 19.3. The van der Waals surface area contributed by atoms with Gasteiger partial charge in [0.25, 0.3) is 0 Å². The third-order valence-corrected chi connectivity index (χ3v) is 2.67. The van der Waals surface area contributed by atoms with Crippen LogP contribution in [0.1, 0.15) is 5.56 Å². The Bertz CT molecular complexity index is 666. The molecule has 0 aromatic heterocycles. The van der Waals surface area contributed by atoms with E-state index in [0.717, 1.165) is 0 Å². The van der Waals surface area contributed by atoms with Gasteiger partial charge in [0.2, 0.25) is 0 Å². The van der Waals surface area contributed by atoms with Crippen LogP contribution in [0.15, 0.2) is 23.3 Å². The van der Waals surface area contributed by atoms with Crippen LogP contribution in [0, 0.1) is 12.3 Å². The predicted octanol–water partition coefficient (Wildman–Crippen LogP) is 3.42. The lowest BCUT2D eigenvalue weighted by molar-refractivity contribution is -0.361. The van der Waals surface area contributed by atoms with Crippen LogP contribution in [-0.2, 0) is 0 Å². The van der Waals surface area contributed by atoms with E-state index in [9.17, 15) is 30.7 Å². The van der Waals surface area contributed by atoms with Crippen LogP contribution in [-0.4, -0.2) is 38.1 Å². The fourth-order valence-corrected chi connectivity index (χ4v) is 1.44. The standard InChI is InChI=1S/C14H11F7N2O2/c1-3-6-25-10-5-4-9(7-11(10)24-2)8-22-23-14(20,21)12(15,16)13(17,18)19/h1,4-5,7-8,23H,6H2,2H3/b22-8+. The number of hydrogen-bond donors (Lipinski definition) is 1. The van der Waals surface area contributed by atoms with E-state index < -0.39 is 18.1 Å². The number of methoxy groups -OCH3 is 1. The van der Waals surface area contributed by atoms with Crippen molar-refractivity contribution in [3.63, 3.8) is 0 Å². The number of hydrazone groups is 1. The summed E-state index contributed by atoms with van der Waals surface area (Å²) in [5.41, 5.74) is 0.567. The van der Waals surface area contributed by atoms with Crippen molar-refractivity contribution in [3.8, 4) is 23.8 Å². The molecule has 0 aliphatic heterocycles. The number of benzene rings is 1. The number of rotatable bonds is 7.